The van der Waals surface area contributed by atoms with Gasteiger partial charge < -0.3 is 4.74 Å². The minimum atomic E-state index is 0.566. The zero-order valence-corrected chi connectivity index (χ0v) is 10.0. The molecule has 1 aromatic carbocycles. The maximum Gasteiger partial charge on any atom is 0.183 e. The molecule has 0 spiro atoms. The number of rotatable bonds is 3. The molecule has 4 nitrogen and oxygen atoms in total. The predicted molar refractivity (Wildman–Crippen MR) is 67.0 cm³/mol. The molecule has 0 atom stereocenters. The number of nitrogens with one attached hydrogen (secondary N) is 1. The Morgan fingerprint density at radius 1 is 1.62 bits per heavy atom. The van der Waals surface area contributed by atoms with E-state index >= 15 is 0 Å². The van der Waals surface area contributed by atoms with E-state index in [1.807, 2.05) is 43.6 Å². The Labute approximate surface area is 99.3 Å². The van der Waals surface area contributed by atoms with Crippen molar-refractivity contribution in [3.63, 3.8) is 0 Å². The first-order chi connectivity index (χ1) is 7.80. The first kappa shape index (κ1) is 12.4. The summed E-state index contributed by atoms with van der Waals surface area (Å²) in [6.45, 7) is 2.56. The molecule has 0 aromatic heterocycles. The molecule has 0 radical (unpaired) electrons. The van der Waals surface area contributed by atoms with Crippen molar-refractivity contribution in [1.82, 2.24) is 5.32 Å². The molecule has 0 aliphatic rings. The van der Waals surface area contributed by atoms with Crippen molar-refractivity contribution in [2.75, 3.05) is 12.9 Å². The van der Waals surface area contributed by atoms with E-state index in [0.29, 0.717) is 11.8 Å². The Hall–Kier alpha value is -1.67. The van der Waals surface area contributed by atoms with Gasteiger partial charge in [-0.05, 0) is 25.3 Å². The number of nitrogens with zero attached hydrogens (tertiary/aromatic N) is 2. The number of hydrogen-bond acceptors (Lipinski definition) is 4. The van der Waals surface area contributed by atoms with E-state index in [1.165, 1.54) is 11.8 Å². The average molecular weight is 235 g/mol. The van der Waals surface area contributed by atoms with Crippen LogP contribution in [0.4, 0.5) is 5.69 Å². The van der Waals surface area contributed by atoms with Crippen LogP contribution in [0, 0.1) is 11.5 Å². The highest BCUT2D eigenvalue weighted by Gasteiger charge is 1.98. The first-order valence-corrected chi connectivity index (χ1v) is 6.03. The number of nitriles is 1. The summed E-state index contributed by atoms with van der Waals surface area (Å²) in [5.74, 6) is 0.779. The Kier molecular flexibility index (Phi) is 5.23. The highest BCUT2D eigenvalue weighted by Crippen LogP contribution is 2.20. The largest absolute Gasteiger partial charge is 0.494 e. The maximum atomic E-state index is 8.50. The Bertz CT molecular complexity index is 412. The predicted octanol–water partition coefficient (Wildman–Crippen LogP) is 2.51. The molecule has 1 rings (SSSR count). The van der Waals surface area contributed by atoms with E-state index in [9.17, 15) is 0 Å². The van der Waals surface area contributed by atoms with Crippen molar-refractivity contribution in [3.05, 3.63) is 24.3 Å². The normalized spacial score (nSPS) is 10.7. The topological polar surface area (TPSA) is 57.4 Å². The fourth-order valence-corrected chi connectivity index (χ4v) is 1.44. The third-order valence-corrected chi connectivity index (χ3v) is 2.30. The fourth-order valence-electron chi connectivity index (χ4n) is 1.10. The van der Waals surface area contributed by atoms with Gasteiger partial charge in [0.25, 0.3) is 0 Å². The molecular weight excluding hydrogens is 222 g/mol. The summed E-state index contributed by atoms with van der Waals surface area (Å²) in [5.41, 5.74) is 0.762. The molecule has 0 aliphatic carbocycles. The van der Waals surface area contributed by atoms with Gasteiger partial charge in [0.2, 0.25) is 0 Å². The van der Waals surface area contributed by atoms with E-state index in [2.05, 4.69) is 10.3 Å². The summed E-state index contributed by atoms with van der Waals surface area (Å²) in [6, 6.07) is 7.43. The van der Waals surface area contributed by atoms with Crippen LogP contribution in [0.1, 0.15) is 6.92 Å². The molecule has 0 bridgehead atoms. The Morgan fingerprint density at radius 2 is 2.44 bits per heavy atom. The number of aliphatic imine (C=N–C) groups is 1. The van der Waals surface area contributed by atoms with E-state index in [4.69, 9.17) is 10.00 Å². The lowest BCUT2D eigenvalue weighted by Crippen LogP contribution is -2.12. The van der Waals surface area contributed by atoms with Gasteiger partial charge in [0, 0.05) is 6.07 Å². The van der Waals surface area contributed by atoms with Crippen molar-refractivity contribution in [2.24, 2.45) is 4.99 Å². The summed E-state index contributed by atoms with van der Waals surface area (Å²) in [4.78, 5) is 4.28. The molecule has 16 heavy (non-hydrogen) atoms. The van der Waals surface area contributed by atoms with Gasteiger partial charge in [-0.3, -0.25) is 5.32 Å². The number of hydrogen-bond donors (Lipinski definition) is 1. The van der Waals surface area contributed by atoms with Crippen LogP contribution in [-0.4, -0.2) is 18.0 Å². The lowest BCUT2D eigenvalue weighted by molar-refractivity contribution is 0.340. The zero-order valence-electron chi connectivity index (χ0n) is 9.23. The quantitative estimate of drug-likeness (QED) is 0.378. The number of amidine groups is 1. The van der Waals surface area contributed by atoms with Gasteiger partial charge in [0.15, 0.2) is 11.4 Å². The van der Waals surface area contributed by atoms with Gasteiger partial charge in [-0.2, -0.15) is 5.26 Å². The van der Waals surface area contributed by atoms with Crippen LogP contribution < -0.4 is 10.1 Å². The lowest BCUT2D eigenvalue weighted by Gasteiger charge is -2.04. The Balaban J connectivity index is 2.87. The second-order valence-corrected chi connectivity index (χ2v) is 3.58. The van der Waals surface area contributed by atoms with Gasteiger partial charge in [-0.1, -0.05) is 17.8 Å². The lowest BCUT2D eigenvalue weighted by atomic mass is 10.3. The van der Waals surface area contributed by atoms with E-state index < -0.39 is 0 Å². The van der Waals surface area contributed by atoms with Crippen LogP contribution in [0.5, 0.6) is 5.75 Å². The van der Waals surface area contributed by atoms with Crippen LogP contribution in [0.15, 0.2) is 29.3 Å². The smallest absolute Gasteiger partial charge is 0.183 e. The van der Waals surface area contributed by atoms with Crippen LogP contribution in [0.3, 0.4) is 0 Å². The zero-order chi connectivity index (χ0) is 11.8. The minimum absolute atomic E-state index is 0.566. The van der Waals surface area contributed by atoms with Gasteiger partial charge in [0.1, 0.15) is 5.75 Å². The second-order valence-electron chi connectivity index (χ2n) is 2.79. The molecule has 5 heteroatoms. The number of benzene rings is 1. The third-order valence-electron chi connectivity index (χ3n) is 1.72. The highest BCUT2D eigenvalue weighted by molar-refractivity contribution is 8.13. The summed E-state index contributed by atoms with van der Waals surface area (Å²) >= 11 is 1.38. The van der Waals surface area contributed by atoms with Crippen molar-refractivity contribution in [2.45, 2.75) is 6.92 Å². The van der Waals surface area contributed by atoms with Crippen molar-refractivity contribution >= 4 is 22.6 Å². The Morgan fingerprint density at radius 3 is 3.06 bits per heavy atom. The molecular formula is C11H13N3OS. The first-order valence-electron chi connectivity index (χ1n) is 4.80. The van der Waals surface area contributed by atoms with E-state index in [0.717, 1.165) is 11.4 Å². The average Bonchev–Trinajstić information content (AvgIpc) is 2.29. The fraction of sp³-hybridized carbons (Fsp3) is 0.273. The van der Waals surface area contributed by atoms with E-state index in [1.54, 1.807) is 0 Å². The van der Waals surface area contributed by atoms with Gasteiger partial charge in [-0.15, -0.1) is 0 Å². The molecule has 0 saturated heterocycles. The summed E-state index contributed by atoms with van der Waals surface area (Å²) < 4.78 is 5.36. The third kappa shape index (κ3) is 3.83. The molecule has 0 heterocycles. The van der Waals surface area contributed by atoms with Crippen LogP contribution in [0.25, 0.3) is 0 Å². The molecule has 0 unspecified atom stereocenters. The number of thioether (sulfide) groups is 1. The van der Waals surface area contributed by atoms with Crippen molar-refractivity contribution < 1.29 is 4.74 Å². The van der Waals surface area contributed by atoms with Crippen LogP contribution >= 0.6 is 11.8 Å². The van der Waals surface area contributed by atoms with Crippen LogP contribution in [0.2, 0.25) is 0 Å². The molecule has 0 aliphatic heterocycles. The summed E-state index contributed by atoms with van der Waals surface area (Å²) in [5, 5.41) is 11.6. The number of ether oxygens (including phenoxy) is 1. The van der Waals surface area contributed by atoms with E-state index in [-0.39, 0.29) is 0 Å². The van der Waals surface area contributed by atoms with Crippen molar-refractivity contribution in [3.8, 4) is 11.9 Å². The SMILES string of the molecule is CCOc1cccc(N=C(NC#N)SC)c1. The van der Waals surface area contributed by atoms with Crippen molar-refractivity contribution in [1.29, 1.82) is 5.26 Å². The molecule has 0 saturated carbocycles. The van der Waals surface area contributed by atoms with Gasteiger partial charge >= 0.3 is 0 Å². The van der Waals surface area contributed by atoms with Crippen LogP contribution in [-0.2, 0) is 0 Å². The summed E-state index contributed by atoms with van der Waals surface area (Å²) in [6.07, 6.45) is 3.70. The molecule has 0 amide bonds. The molecule has 0 fully saturated rings. The van der Waals surface area contributed by atoms with Gasteiger partial charge in [-0.25, -0.2) is 4.99 Å². The van der Waals surface area contributed by atoms with Gasteiger partial charge in [0.05, 0.1) is 12.3 Å². The molecule has 1 N–H and O–H groups in total. The maximum absolute atomic E-state index is 8.50. The minimum Gasteiger partial charge on any atom is -0.494 e. The summed E-state index contributed by atoms with van der Waals surface area (Å²) in [7, 11) is 0. The highest BCUT2D eigenvalue weighted by atomic mass is 32.2. The molecule has 84 valence electrons. The molecule has 1 aromatic rings. The standard InChI is InChI=1S/C11H13N3OS/c1-3-15-10-6-4-5-9(7-10)14-11(16-2)13-8-12/h4-7H,3H2,1-2H3,(H,13,14). The second kappa shape index (κ2) is 6.75. The monoisotopic (exact) mass is 235 g/mol.